The lowest BCUT2D eigenvalue weighted by Crippen LogP contribution is -2.38. The Morgan fingerprint density at radius 1 is 1.26 bits per heavy atom. The minimum atomic E-state index is -2.82. The number of alkyl halides is 2. The maximum atomic E-state index is 12.2. The van der Waals surface area contributed by atoms with Gasteiger partial charge in [-0.1, -0.05) is 26.0 Å². The topological polar surface area (TPSA) is 41.5 Å². The summed E-state index contributed by atoms with van der Waals surface area (Å²) >= 11 is 0. The van der Waals surface area contributed by atoms with Crippen molar-refractivity contribution in [2.45, 2.75) is 39.5 Å². The Morgan fingerprint density at radius 2 is 1.95 bits per heavy atom. The summed E-state index contributed by atoms with van der Waals surface area (Å²) in [4.78, 5) is 0. The largest absolute Gasteiger partial charge is 0.435 e. The summed E-state index contributed by atoms with van der Waals surface area (Å²) < 4.78 is 28.7. The second kappa shape index (κ2) is 7.40. The zero-order valence-corrected chi connectivity index (χ0v) is 11.4. The zero-order chi connectivity index (χ0) is 14.4. The van der Waals surface area contributed by atoms with Crippen LogP contribution in [0.2, 0.25) is 0 Å². The first kappa shape index (κ1) is 15.9. The van der Waals surface area contributed by atoms with Gasteiger partial charge in [-0.3, -0.25) is 0 Å². The van der Waals surface area contributed by atoms with Gasteiger partial charge in [-0.25, -0.2) is 0 Å². The van der Waals surface area contributed by atoms with E-state index in [2.05, 4.69) is 10.1 Å². The predicted octanol–water partition coefficient (Wildman–Crippen LogP) is 2.96. The summed E-state index contributed by atoms with van der Waals surface area (Å²) in [6.45, 7) is 3.16. The van der Waals surface area contributed by atoms with Crippen LogP contribution in [0.1, 0.15) is 32.4 Å². The minimum Gasteiger partial charge on any atom is -0.435 e. The van der Waals surface area contributed by atoms with E-state index in [1.54, 1.807) is 12.1 Å². The van der Waals surface area contributed by atoms with Gasteiger partial charge in [0, 0.05) is 12.1 Å². The third-order valence-electron chi connectivity index (χ3n) is 3.05. The van der Waals surface area contributed by atoms with Gasteiger partial charge in [0.1, 0.15) is 5.75 Å². The first-order valence-corrected chi connectivity index (χ1v) is 6.35. The van der Waals surface area contributed by atoms with Crippen LogP contribution in [-0.2, 0) is 0 Å². The predicted molar refractivity (Wildman–Crippen MR) is 70.3 cm³/mol. The first-order chi connectivity index (χ1) is 8.93. The third kappa shape index (κ3) is 5.12. The van der Waals surface area contributed by atoms with Crippen LogP contribution in [-0.4, -0.2) is 24.4 Å². The van der Waals surface area contributed by atoms with E-state index in [0.717, 1.165) is 5.56 Å². The average molecular weight is 273 g/mol. The Kier molecular flexibility index (Phi) is 6.18. The quantitative estimate of drug-likeness (QED) is 0.802. The Hall–Kier alpha value is -1.20. The lowest BCUT2D eigenvalue weighted by atomic mass is 10.0. The van der Waals surface area contributed by atoms with Gasteiger partial charge < -0.3 is 15.2 Å². The van der Waals surface area contributed by atoms with Crippen molar-refractivity contribution < 1.29 is 18.6 Å². The summed E-state index contributed by atoms with van der Waals surface area (Å²) in [6.07, 6.45) is 0. The SMILES string of the molecule is CC(NC(CO)C(C)C)c1cccc(OC(F)F)c1. The van der Waals surface area contributed by atoms with E-state index in [4.69, 9.17) is 0 Å². The Labute approximate surface area is 112 Å². The fourth-order valence-electron chi connectivity index (χ4n) is 1.83. The number of aliphatic hydroxyl groups excluding tert-OH is 1. The molecule has 0 aliphatic rings. The average Bonchev–Trinajstić information content (AvgIpc) is 2.34. The normalized spacial score (nSPS) is 14.7. The molecule has 5 heteroatoms. The van der Waals surface area contributed by atoms with Crippen molar-refractivity contribution >= 4 is 0 Å². The molecule has 1 aromatic rings. The monoisotopic (exact) mass is 273 g/mol. The van der Waals surface area contributed by atoms with Crippen LogP contribution in [0.25, 0.3) is 0 Å². The van der Waals surface area contributed by atoms with Gasteiger partial charge in [0.15, 0.2) is 0 Å². The van der Waals surface area contributed by atoms with Crippen molar-refractivity contribution in [2.75, 3.05) is 6.61 Å². The molecule has 2 unspecified atom stereocenters. The third-order valence-corrected chi connectivity index (χ3v) is 3.05. The number of hydrogen-bond donors (Lipinski definition) is 2. The maximum absolute atomic E-state index is 12.2. The lowest BCUT2D eigenvalue weighted by Gasteiger charge is -2.25. The van der Waals surface area contributed by atoms with Crippen LogP contribution in [0.5, 0.6) is 5.75 Å². The number of hydrogen-bond acceptors (Lipinski definition) is 3. The molecule has 0 heterocycles. The van der Waals surface area contributed by atoms with Crippen LogP contribution in [0.15, 0.2) is 24.3 Å². The molecule has 3 nitrogen and oxygen atoms in total. The number of rotatable bonds is 7. The molecule has 19 heavy (non-hydrogen) atoms. The number of ether oxygens (including phenoxy) is 1. The Bertz CT molecular complexity index is 385. The smallest absolute Gasteiger partial charge is 0.387 e. The standard InChI is InChI=1S/C14H21F2NO2/c1-9(2)13(8-18)17-10(3)11-5-4-6-12(7-11)19-14(15)16/h4-7,9-10,13-14,17-18H,8H2,1-3H3. The van der Waals surface area contributed by atoms with E-state index >= 15 is 0 Å². The molecular formula is C14H21F2NO2. The van der Waals surface area contributed by atoms with Crippen molar-refractivity contribution in [3.63, 3.8) is 0 Å². The van der Waals surface area contributed by atoms with Crippen molar-refractivity contribution in [3.8, 4) is 5.75 Å². The van der Waals surface area contributed by atoms with Crippen molar-refractivity contribution in [2.24, 2.45) is 5.92 Å². The number of aliphatic hydroxyl groups is 1. The second-order valence-electron chi connectivity index (χ2n) is 4.87. The fraction of sp³-hybridized carbons (Fsp3) is 0.571. The molecule has 1 aromatic carbocycles. The summed E-state index contributed by atoms with van der Waals surface area (Å²) in [5, 5.41) is 12.5. The highest BCUT2D eigenvalue weighted by atomic mass is 19.3. The molecule has 1 rings (SSSR count). The molecule has 0 saturated carbocycles. The Balaban J connectivity index is 2.73. The van der Waals surface area contributed by atoms with Gasteiger partial charge >= 0.3 is 6.61 Å². The van der Waals surface area contributed by atoms with E-state index in [0.29, 0.717) is 0 Å². The maximum Gasteiger partial charge on any atom is 0.387 e. The molecule has 0 aliphatic carbocycles. The number of benzene rings is 1. The van der Waals surface area contributed by atoms with E-state index in [9.17, 15) is 13.9 Å². The minimum absolute atomic E-state index is 0.0327. The highest BCUT2D eigenvalue weighted by Crippen LogP contribution is 2.21. The summed E-state index contributed by atoms with van der Waals surface area (Å²) in [6, 6.07) is 6.50. The van der Waals surface area contributed by atoms with E-state index < -0.39 is 6.61 Å². The molecule has 2 N–H and O–H groups in total. The second-order valence-corrected chi connectivity index (χ2v) is 4.87. The highest BCUT2D eigenvalue weighted by molar-refractivity contribution is 5.30. The molecule has 0 bridgehead atoms. The van der Waals surface area contributed by atoms with Gasteiger partial charge in [-0.2, -0.15) is 8.78 Å². The first-order valence-electron chi connectivity index (χ1n) is 6.35. The van der Waals surface area contributed by atoms with Crippen LogP contribution in [0, 0.1) is 5.92 Å². The van der Waals surface area contributed by atoms with Gasteiger partial charge in [0.05, 0.1) is 6.61 Å². The molecule has 0 spiro atoms. The van der Waals surface area contributed by atoms with E-state index in [-0.39, 0.29) is 30.4 Å². The van der Waals surface area contributed by atoms with Crippen LogP contribution < -0.4 is 10.1 Å². The molecule has 0 fully saturated rings. The zero-order valence-electron chi connectivity index (χ0n) is 11.4. The van der Waals surface area contributed by atoms with Crippen molar-refractivity contribution in [1.29, 1.82) is 0 Å². The molecule has 0 aromatic heterocycles. The summed E-state index contributed by atoms with van der Waals surface area (Å²) in [7, 11) is 0. The molecular weight excluding hydrogens is 252 g/mol. The van der Waals surface area contributed by atoms with Crippen LogP contribution >= 0.6 is 0 Å². The molecule has 0 saturated heterocycles. The lowest BCUT2D eigenvalue weighted by molar-refractivity contribution is -0.0499. The van der Waals surface area contributed by atoms with E-state index in [1.165, 1.54) is 6.07 Å². The van der Waals surface area contributed by atoms with Gasteiger partial charge in [0.25, 0.3) is 0 Å². The number of halogens is 2. The summed E-state index contributed by atoms with van der Waals surface area (Å²) in [5.74, 6) is 0.430. The van der Waals surface area contributed by atoms with Crippen molar-refractivity contribution in [1.82, 2.24) is 5.32 Å². The van der Waals surface area contributed by atoms with Crippen molar-refractivity contribution in [3.05, 3.63) is 29.8 Å². The van der Waals surface area contributed by atoms with Crippen LogP contribution in [0.4, 0.5) is 8.78 Å². The van der Waals surface area contributed by atoms with Gasteiger partial charge in [-0.05, 0) is 30.5 Å². The molecule has 0 amide bonds. The number of nitrogens with one attached hydrogen (secondary N) is 1. The summed E-state index contributed by atoms with van der Waals surface area (Å²) in [5.41, 5.74) is 0.845. The van der Waals surface area contributed by atoms with E-state index in [1.807, 2.05) is 26.8 Å². The molecule has 108 valence electrons. The fourth-order valence-corrected chi connectivity index (χ4v) is 1.83. The molecule has 2 atom stereocenters. The van der Waals surface area contributed by atoms with Crippen LogP contribution in [0.3, 0.4) is 0 Å². The molecule has 0 aliphatic heterocycles. The van der Waals surface area contributed by atoms with Gasteiger partial charge in [0.2, 0.25) is 0 Å². The Morgan fingerprint density at radius 3 is 2.47 bits per heavy atom. The highest BCUT2D eigenvalue weighted by Gasteiger charge is 2.16. The van der Waals surface area contributed by atoms with Gasteiger partial charge in [-0.15, -0.1) is 0 Å². The molecule has 0 radical (unpaired) electrons.